The van der Waals surface area contributed by atoms with Crippen molar-refractivity contribution >= 4 is 39.2 Å². The Balaban J connectivity index is 1.76. The SMILES string of the molecule is COc1ccc([C@@H](CS(C)(=O)=O)N2C(=O)c3cccc(NC(C)=O)c3C2=O)cc1O[C@@H]1O[C@H](C(=O)O)C(O)[C@H](O)C1O. The molecule has 0 radical (unpaired) electrons. The summed E-state index contributed by atoms with van der Waals surface area (Å²) < 4.78 is 41.0. The molecular weight excluding hydrogens is 580 g/mol. The van der Waals surface area contributed by atoms with E-state index in [9.17, 15) is 48.0 Å². The van der Waals surface area contributed by atoms with E-state index < -0.39 is 76.0 Å². The quantitative estimate of drug-likeness (QED) is 0.222. The Morgan fingerprint density at radius 1 is 1.05 bits per heavy atom. The van der Waals surface area contributed by atoms with Gasteiger partial charge in [0.1, 0.15) is 28.1 Å². The topological polar surface area (TPSA) is 226 Å². The van der Waals surface area contributed by atoms with Crippen LogP contribution < -0.4 is 14.8 Å². The number of ether oxygens (including phenoxy) is 3. The third-order valence-corrected chi connectivity index (χ3v) is 7.58. The summed E-state index contributed by atoms with van der Waals surface area (Å²) in [5, 5.41) is 42.3. The number of nitrogens with zero attached hydrogens (tertiary/aromatic N) is 1. The van der Waals surface area contributed by atoms with Crippen LogP contribution in [0.3, 0.4) is 0 Å². The van der Waals surface area contributed by atoms with Crippen LogP contribution >= 0.6 is 0 Å². The molecule has 0 spiro atoms. The number of methoxy groups -OCH3 is 1. The van der Waals surface area contributed by atoms with Crippen LogP contribution in [0.5, 0.6) is 11.5 Å². The first kappa shape index (κ1) is 30.9. The van der Waals surface area contributed by atoms with E-state index in [1.807, 2.05) is 0 Å². The summed E-state index contributed by atoms with van der Waals surface area (Å²) in [5.74, 6) is -4.77. The van der Waals surface area contributed by atoms with Gasteiger partial charge in [0, 0.05) is 13.2 Å². The normalized spacial score (nSPS) is 24.6. The minimum Gasteiger partial charge on any atom is -0.493 e. The van der Waals surface area contributed by atoms with Crippen molar-refractivity contribution in [3.8, 4) is 11.5 Å². The lowest BCUT2D eigenvalue weighted by molar-refractivity contribution is -0.271. The standard InChI is InChI=1S/C26H28N2O13S/c1-11(29)27-14-6-4-5-13-18(14)24(34)28(23(13)33)15(10-42(3,37)38)12-7-8-16(39-2)17(9-12)40-26-21(32)19(30)20(31)22(41-26)25(35)36/h4-9,15,19-22,26,30-32H,10H2,1-3H3,(H,27,29)(H,35,36)/t15-,19+,20?,21?,22+,26-/m1/s1. The molecule has 6 atom stereocenters. The Hall–Kier alpha value is -4.09. The highest BCUT2D eigenvalue weighted by Crippen LogP contribution is 2.39. The number of hydrogen-bond donors (Lipinski definition) is 5. The number of sulfone groups is 1. The zero-order valence-corrected chi connectivity index (χ0v) is 23.3. The van der Waals surface area contributed by atoms with Gasteiger partial charge in [-0.15, -0.1) is 0 Å². The van der Waals surface area contributed by atoms with Crippen molar-refractivity contribution in [3.63, 3.8) is 0 Å². The number of nitrogens with one attached hydrogen (secondary N) is 1. The number of hydrogen-bond acceptors (Lipinski definition) is 12. The minimum atomic E-state index is -3.85. The maximum atomic E-state index is 13.6. The van der Waals surface area contributed by atoms with E-state index >= 15 is 0 Å². The third-order valence-electron chi connectivity index (χ3n) is 6.66. The van der Waals surface area contributed by atoms with Crippen LogP contribution in [0, 0.1) is 0 Å². The van der Waals surface area contributed by atoms with E-state index in [1.54, 1.807) is 0 Å². The Kier molecular flexibility index (Phi) is 8.56. The summed E-state index contributed by atoms with van der Waals surface area (Å²) in [6, 6.07) is 6.71. The molecule has 2 aromatic rings. The molecule has 16 heteroatoms. The molecule has 226 valence electrons. The summed E-state index contributed by atoms with van der Waals surface area (Å²) in [5.41, 5.74) is -0.0461. The predicted octanol–water partition coefficient (Wildman–Crippen LogP) is -0.693. The molecule has 0 aromatic heterocycles. The number of aliphatic carboxylic acids is 1. The Morgan fingerprint density at radius 2 is 1.74 bits per heavy atom. The fourth-order valence-corrected chi connectivity index (χ4v) is 5.67. The molecule has 0 aliphatic carbocycles. The molecule has 15 nitrogen and oxygen atoms in total. The highest BCUT2D eigenvalue weighted by atomic mass is 32.2. The van der Waals surface area contributed by atoms with Gasteiger partial charge in [-0.1, -0.05) is 12.1 Å². The van der Waals surface area contributed by atoms with Gasteiger partial charge in [0.25, 0.3) is 11.8 Å². The van der Waals surface area contributed by atoms with Crippen LogP contribution in [-0.4, -0.2) is 107 Å². The predicted molar refractivity (Wildman–Crippen MR) is 142 cm³/mol. The van der Waals surface area contributed by atoms with Crippen LogP contribution in [0.4, 0.5) is 5.69 Å². The minimum absolute atomic E-state index is 0.00421. The Morgan fingerprint density at radius 3 is 2.33 bits per heavy atom. The number of benzene rings is 2. The number of carbonyl (C=O) groups excluding carboxylic acids is 3. The van der Waals surface area contributed by atoms with Gasteiger partial charge in [-0.05, 0) is 29.8 Å². The summed E-state index contributed by atoms with van der Waals surface area (Å²) >= 11 is 0. The number of carboxylic acid groups (broad SMARTS) is 1. The molecule has 0 saturated carbocycles. The van der Waals surface area contributed by atoms with E-state index in [4.69, 9.17) is 14.2 Å². The van der Waals surface area contributed by atoms with E-state index in [2.05, 4.69) is 5.32 Å². The van der Waals surface area contributed by atoms with Crippen molar-refractivity contribution in [2.45, 2.75) is 43.7 Å². The van der Waals surface area contributed by atoms with Crippen molar-refractivity contribution in [2.24, 2.45) is 0 Å². The van der Waals surface area contributed by atoms with Gasteiger partial charge in [0.05, 0.1) is 35.7 Å². The summed E-state index contributed by atoms with van der Waals surface area (Å²) in [6.07, 6.45) is -8.74. The molecule has 42 heavy (non-hydrogen) atoms. The van der Waals surface area contributed by atoms with Gasteiger partial charge in [-0.25, -0.2) is 13.2 Å². The number of aliphatic hydroxyl groups excluding tert-OH is 3. The molecule has 4 rings (SSSR count). The Bertz CT molecular complexity index is 1540. The largest absolute Gasteiger partial charge is 0.493 e. The van der Waals surface area contributed by atoms with Gasteiger partial charge in [0.15, 0.2) is 17.6 Å². The second-order valence-corrected chi connectivity index (χ2v) is 11.9. The van der Waals surface area contributed by atoms with E-state index in [0.717, 1.165) is 11.2 Å². The summed E-state index contributed by atoms with van der Waals surface area (Å²) in [4.78, 5) is 51.0. The number of rotatable bonds is 9. The Labute approximate surface area is 239 Å². The van der Waals surface area contributed by atoms with Gasteiger partial charge < -0.3 is 40.0 Å². The third kappa shape index (κ3) is 5.93. The molecule has 2 heterocycles. The first-order valence-corrected chi connectivity index (χ1v) is 14.4. The van der Waals surface area contributed by atoms with Crippen LogP contribution in [-0.2, 0) is 24.2 Å². The van der Waals surface area contributed by atoms with E-state index in [0.29, 0.717) is 0 Å². The molecule has 0 bridgehead atoms. The lowest BCUT2D eigenvalue weighted by atomic mass is 9.99. The smallest absolute Gasteiger partial charge is 0.335 e. The van der Waals surface area contributed by atoms with Crippen molar-refractivity contribution in [2.75, 3.05) is 24.4 Å². The zero-order valence-electron chi connectivity index (χ0n) is 22.5. The number of amides is 3. The number of aliphatic hydroxyl groups is 3. The lowest BCUT2D eigenvalue weighted by Crippen LogP contribution is -2.61. The molecular formula is C26H28N2O13S. The van der Waals surface area contributed by atoms with Crippen LogP contribution in [0.15, 0.2) is 36.4 Å². The number of imide groups is 1. The van der Waals surface area contributed by atoms with Crippen molar-refractivity contribution in [3.05, 3.63) is 53.1 Å². The second kappa shape index (κ2) is 11.7. The first-order chi connectivity index (χ1) is 19.6. The molecule has 1 saturated heterocycles. The van der Waals surface area contributed by atoms with E-state index in [-0.39, 0.29) is 33.9 Å². The first-order valence-electron chi connectivity index (χ1n) is 12.4. The molecule has 2 aliphatic rings. The van der Waals surface area contributed by atoms with Crippen LogP contribution in [0.25, 0.3) is 0 Å². The van der Waals surface area contributed by atoms with Gasteiger partial charge in [0.2, 0.25) is 12.2 Å². The number of fused-ring (bicyclic) bond motifs is 1. The zero-order chi connectivity index (χ0) is 31.1. The maximum absolute atomic E-state index is 13.6. The molecule has 3 amide bonds. The summed E-state index contributed by atoms with van der Waals surface area (Å²) in [6.45, 7) is 1.22. The van der Waals surface area contributed by atoms with Gasteiger partial charge >= 0.3 is 5.97 Å². The fraction of sp³-hybridized carbons (Fsp3) is 0.385. The van der Waals surface area contributed by atoms with Gasteiger partial charge in [-0.2, -0.15) is 0 Å². The van der Waals surface area contributed by atoms with Crippen molar-refractivity contribution < 1.29 is 62.2 Å². The highest BCUT2D eigenvalue weighted by Gasteiger charge is 2.48. The number of anilines is 1. The van der Waals surface area contributed by atoms with E-state index in [1.165, 1.54) is 50.4 Å². The molecule has 2 aromatic carbocycles. The molecule has 2 aliphatic heterocycles. The maximum Gasteiger partial charge on any atom is 0.335 e. The average Bonchev–Trinajstić information content (AvgIpc) is 3.16. The molecule has 1 fully saturated rings. The van der Waals surface area contributed by atoms with Crippen LogP contribution in [0.2, 0.25) is 0 Å². The second-order valence-electron chi connectivity index (χ2n) is 9.76. The van der Waals surface area contributed by atoms with Crippen molar-refractivity contribution in [1.29, 1.82) is 0 Å². The van der Waals surface area contributed by atoms with Gasteiger partial charge in [-0.3, -0.25) is 19.3 Å². The number of carbonyl (C=O) groups is 4. The van der Waals surface area contributed by atoms with Crippen molar-refractivity contribution in [1.82, 2.24) is 4.90 Å². The highest BCUT2D eigenvalue weighted by molar-refractivity contribution is 7.90. The molecule has 5 N–H and O–H groups in total. The average molecular weight is 609 g/mol. The van der Waals surface area contributed by atoms with Crippen LogP contribution in [0.1, 0.15) is 39.2 Å². The monoisotopic (exact) mass is 608 g/mol. The number of carboxylic acids is 1. The lowest BCUT2D eigenvalue weighted by Gasteiger charge is -2.38. The summed E-state index contributed by atoms with van der Waals surface area (Å²) in [7, 11) is -2.60. The molecule has 2 unspecified atom stereocenters. The fourth-order valence-electron chi connectivity index (χ4n) is 4.75.